The Morgan fingerprint density at radius 3 is 2.23 bits per heavy atom. The van der Waals surface area contributed by atoms with E-state index in [0.717, 1.165) is 24.7 Å². The number of nitrogens with zero attached hydrogens (tertiary/aromatic N) is 2. The molecule has 0 radical (unpaired) electrons. The Labute approximate surface area is 132 Å². The maximum absolute atomic E-state index is 13.0. The van der Waals surface area contributed by atoms with Crippen LogP contribution in [0.2, 0.25) is 0 Å². The summed E-state index contributed by atoms with van der Waals surface area (Å²) in [5.74, 6) is 4.23. The fourth-order valence-electron chi connectivity index (χ4n) is 6.78. The molecule has 0 aromatic heterocycles. The first-order chi connectivity index (χ1) is 10.7. The van der Waals surface area contributed by atoms with Gasteiger partial charge in [-0.05, 0) is 80.5 Å². The van der Waals surface area contributed by atoms with Crippen molar-refractivity contribution in [2.75, 3.05) is 0 Å². The first-order valence-electron chi connectivity index (χ1n) is 9.13. The van der Waals surface area contributed by atoms with Crippen LogP contribution in [0.1, 0.15) is 44.9 Å². The molecule has 5 aliphatic carbocycles. The average Bonchev–Trinajstić information content (AvgIpc) is 3.16. The third-order valence-corrected chi connectivity index (χ3v) is 7.51. The van der Waals surface area contributed by atoms with Crippen molar-refractivity contribution < 1.29 is 4.79 Å². The molecule has 6 aliphatic rings. The number of amides is 1. The number of hydrogen-bond acceptors (Lipinski definition) is 3. The molecule has 0 aromatic rings. The van der Waals surface area contributed by atoms with Gasteiger partial charge in [0.15, 0.2) is 0 Å². The van der Waals surface area contributed by atoms with E-state index in [9.17, 15) is 10.1 Å². The summed E-state index contributed by atoms with van der Waals surface area (Å²) in [7, 11) is 0. The molecular formula is C18H25N3O. The quantitative estimate of drug-likeness (QED) is 0.846. The van der Waals surface area contributed by atoms with Gasteiger partial charge in [-0.15, -0.1) is 0 Å². The highest BCUT2D eigenvalue weighted by molar-refractivity contribution is 5.84. The number of hydrogen-bond donors (Lipinski definition) is 1. The SMILES string of the molecule is N#C[C@@H]1C[C@@H]2C[C@@H]2N1C(=O)[C@@H](N)C1C2CC3CC(C2)CC1C3. The molecule has 2 N–H and O–H groups in total. The maximum atomic E-state index is 13.0. The van der Waals surface area contributed by atoms with Gasteiger partial charge < -0.3 is 10.6 Å². The summed E-state index contributed by atoms with van der Waals surface area (Å²) in [5, 5.41) is 9.33. The summed E-state index contributed by atoms with van der Waals surface area (Å²) >= 11 is 0. The molecular weight excluding hydrogens is 274 g/mol. The molecule has 118 valence electrons. The van der Waals surface area contributed by atoms with E-state index in [2.05, 4.69) is 6.07 Å². The third kappa shape index (κ3) is 1.75. The number of rotatable bonds is 2. The minimum absolute atomic E-state index is 0.0917. The number of carbonyl (C=O) groups excluding carboxylic acids is 1. The van der Waals surface area contributed by atoms with Crippen LogP contribution in [0, 0.1) is 46.8 Å². The van der Waals surface area contributed by atoms with Gasteiger partial charge in [0.2, 0.25) is 5.91 Å². The van der Waals surface area contributed by atoms with Crippen LogP contribution in [0.4, 0.5) is 0 Å². The van der Waals surface area contributed by atoms with Crippen LogP contribution in [0.25, 0.3) is 0 Å². The molecule has 5 saturated carbocycles. The van der Waals surface area contributed by atoms with E-state index in [4.69, 9.17) is 5.73 Å². The molecule has 22 heavy (non-hydrogen) atoms. The van der Waals surface area contributed by atoms with Gasteiger partial charge in [0.25, 0.3) is 0 Å². The van der Waals surface area contributed by atoms with Crippen molar-refractivity contribution in [3.05, 3.63) is 0 Å². The van der Waals surface area contributed by atoms with E-state index in [1.54, 1.807) is 0 Å². The van der Waals surface area contributed by atoms with Crippen molar-refractivity contribution in [2.24, 2.45) is 41.2 Å². The standard InChI is InChI=1S/C18H25N3O/c19-8-14-6-11-7-15(11)21(14)18(22)17(20)16-12-2-9-1-10(4-12)5-13(16)3-9/h9-17H,1-7,20H2/t9?,10?,11-,12?,13?,14+,15+,16?,17+/m1/s1. The van der Waals surface area contributed by atoms with E-state index >= 15 is 0 Å². The second-order valence-electron chi connectivity index (χ2n) is 8.72. The Balaban J connectivity index is 1.37. The number of likely N-dealkylation sites (tertiary alicyclic amines) is 1. The lowest BCUT2D eigenvalue weighted by Crippen LogP contribution is -2.58. The Bertz CT molecular complexity index is 525. The Kier molecular flexibility index (Phi) is 2.72. The normalized spacial score (nSPS) is 52.3. The summed E-state index contributed by atoms with van der Waals surface area (Å²) in [5.41, 5.74) is 6.52. The zero-order valence-electron chi connectivity index (χ0n) is 13.0. The fourth-order valence-corrected chi connectivity index (χ4v) is 6.78. The van der Waals surface area contributed by atoms with Crippen molar-refractivity contribution in [1.29, 1.82) is 5.26 Å². The lowest BCUT2D eigenvalue weighted by Gasteiger charge is -2.55. The molecule has 1 aliphatic heterocycles. The van der Waals surface area contributed by atoms with Crippen molar-refractivity contribution in [3.8, 4) is 6.07 Å². The van der Waals surface area contributed by atoms with Gasteiger partial charge in [0, 0.05) is 6.04 Å². The van der Waals surface area contributed by atoms with Crippen molar-refractivity contribution in [2.45, 2.75) is 63.1 Å². The third-order valence-electron chi connectivity index (χ3n) is 7.51. The molecule has 4 atom stereocenters. The van der Waals surface area contributed by atoms with Gasteiger partial charge in [0.1, 0.15) is 6.04 Å². The van der Waals surface area contributed by atoms with Gasteiger partial charge in [-0.1, -0.05) is 0 Å². The van der Waals surface area contributed by atoms with E-state index in [1.165, 1.54) is 32.1 Å². The second-order valence-corrected chi connectivity index (χ2v) is 8.72. The zero-order chi connectivity index (χ0) is 15.0. The Morgan fingerprint density at radius 1 is 1.00 bits per heavy atom. The summed E-state index contributed by atoms with van der Waals surface area (Å²) in [6.45, 7) is 0. The monoisotopic (exact) mass is 299 g/mol. The molecule has 0 aromatic carbocycles. The van der Waals surface area contributed by atoms with Crippen LogP contribution in [-0.4, -0.2) is 28.9 Å². The van der Waals surface area contributed by atoms with Crippen LogP contribution in [0.5, 0.6) is 0 Å². The van der Waals surface area contributed by atoms with Crippen LogP contribution in [-0.2, 0) is 4.79 Å². The number of fused-ring (bicyclic) bond motifs is 1. The van der Waals surface area contributed by atoms with Gasteiger partial charge in [-0.3, -0.25) is 4.79 Å². The molecule has 1 heterocycles. The maximum Gasteiger partial charge on any atom is 0.241 e. The van der Waals surface area contributed by atoms with Gasteiger partial charge >= 0.3 is 0 Å². The Morgan fingerprint density at radius 2 is 1.64 bits per heavy atom. The molecule has 4 nitrogen and oxygen atoms in total. The number of carbonyl (C=O) groups is 1. The van der Waals surface area contributed by atoms with Crippen LogP contribution in [0.3, 0.4) is 0 Å². The minimum Gasteiger partial charge on any atom is -0.322 e. The van der Waals surface area contributed by atoms with Gasteiger partial charge in [0.05, 0.1) is 12.1 Å². The summed E-state index contributed by atoms with van der Waals surface area (Å²) in [4.78, 5) is 14.9. The highest BCUT2D eigenvalue weighted by atomic mass is 16.2. The molecule has 1 saturated heterocycles. The minimum atomic E-state index is -0.356. The van der Waals surface area contributed by atoms with Crippen molar-refractivity contribution >= 4 is 5.91 Å². The largest absolute Gasteiger partial charge is 0.322 e. The summed E-state index contributed by atoms with van der Waals surface area (Å²) in [6, 6.07) is 2.10. The highest BCUT2D eigenvalue weighted by Gasteiger charge is 2.57. The predicted molar refractivity (Wildman–Crippen MR) is 81.3 cm³/mol. The van der Waals surface area contributed by atoms with E-state index in [1.807, 2.05) is 4.90 Å². The first-order valence-corrected chi connectivity index (χ1v) is 9.13. The highest BCUT2D eigenvalue weighted by Crippen LogP contribution is 2.57. The van der Waals surface area contributed by atoms with E-state index in [-0.39, 0.29) is 18.0 Å². The van der Waals surface area contributed by atoms with Crippen LogP contribution in [0.15, 0.2) is 0 Å². The lowest BCUT2D eigenvalue weighted by molar-refractivity contribution is -0.140. The number of piperidine rings is 1. The molecule has 6 fully saturated rings. The van der Waals surface area contributed by atoms with Crippen molar-refractivity contribution in [3.63, 3.8) is 0 Å². The van der Waals surface area contributed by atoms with Crippen molar-refractivity contribution in [1.82, 2.24) is 4.90 Å². The number of nitrogens with two attached hydrogens (primary N) is 1. The Hall–Kier alpha value is -1.08. The molecule has 6 rings (SSSR count). The fraction of sp³-hybridized carbons (Fsp3) is 0.889. The molecule has 0 unspecified atom stereocenters. The van der Waals surface area contributed by atoms with E-state index < -0.39 is 0 Å². The molecule has 0 spiro atoms. The average molecular weight is 299 g/mol. The van der Waals surface area contributed by atoms with Gasteiger partial charge in [-0.2, -0.15) is 5.26 Å². The second kappa shape index (κ2) is 4.47. The molecule has 4 bridgehead atoms. The zero-order valence-corrected chi connectivity index (χ0v) is 13.0. The predicted octanol–water partition coefficient (Wildman–Crippen LogP) is 1.90. The summed E-state index contributed by atoms with van der Waals surface area (Å²) in [6.07, 6.45) is 8.59. The first kappa shape index (κ1) is 13.4. The smallest absolute Gasteiger partial charge is 0.241 e. The summed E-state index contributed by atoms with van der Waals surface area (Å²) < 4.78 is 0. The lowest BCUT2D eigenvalue weighted by atomic mass is 9.50. The topological polar surface area (TPSA) is 70.1 Å². The van der Waals surface area contributed by atoms with Crippen LogP contribution < -0.4 is 5.73 Å². The van der Waals surface area contributed by atoms with Gasteiger partial charge in [-0.25, -0.2) is 0 Å². The molecule has 4 heteroatoms. The molecule has 1 amide bonds. The number of nitriles is 1. The van der Waals surface area contributed by atoms with Crippen LogP contribution >= 0.6 is 0 Å². The van der Waals surface area contributed by atoms with E-state index in [0.29, 0.717) is 29.7 Å².